The summed E-state index contributed by atoms with van der Waals surface area (Å²) < 4.78 is 5.36. The molecule has 5 aromatic rings. The molecule has 2 aromatic heterocycles. The lowest BCUT2D eigenvalue weighted by Crippen LogP contribution is -2.25. The Balaban J connectivity index is 1.64. The van der Waals surface area contributed by atoms with E-state index in [9.17, 15) is 14.9 Å². The number of methoxy groups -OCH3 is 1. The van der Waals surface area contributed by atoms with Crippen LogP contribution < -0.4 is 10.1 Å². The van der Waals surface area contributed by atoms with Crippen LogP contribution in [0.5, 0.6) is 5.75 Å². The first-order chi connectivity index (χ1) is 19.6. The Bertz CT molecular complexity index is 1720. The van der Waals surface area contributed by atoms with Crippen molar-refractivity contribution in [1.29, 1.82) is 5.26 Å². The van der Waals surface area contributed by atoms with Gasteiger partial charge in [-0.2, -0.15) is 5.26 Å². The number of carbonyl (C=O) groups is 2. The van der Waals surface area contributed by atoms with Gasteiger partial charge in [0.1, 0.15) is 5.75 Å². The standard InChI is InChI=1S/C33H28N4O3/c1-3-25(29-19-36-31-16-21(17-34)7-12-26(29)31)27-13-14-28(33(39)37-18-23-6-4-5-15-35-23)30(20-38)32(27)22-8-10-24(40-2)11-9-22/h4-16,19-20,25,36H,3,18H2,1-2H3,(H,37,39). The zero-order chi connectivity index (χ0) is 28.1. The van der Waals surface area contributed by atoms with Crippen LogP contribution in [-0.2, 0) is 6.54 Å². The number of rotatable bonds is 9. The van der Waals surface area contributed by atoms with Crippen LogP contribution >= 0.6 is 0 Å². The van der Waals surface area contributed by atoms with Crippen LogP contribution in [0.1, 0.15) is 62.4 Å². The van der Waals surface area contributed by atoms with Gasteiger partial charge in [0.15, 0.2) is 6.29 Å². The summed E-state index contributed by atoms with van der Waals surface area (Å²) in [5.74, 6) is 0.264. The van der Waals surface area contributed by atoms with Crippen LogP contribution in [0.3, 0.4) is 0 Å². The molecule has 0 saturated heterocycles. The number of hydrogen-bond acceptors (Lipinski definition) is 5. The summed E-state index contributed by atoms with van der Waals surface area (Å²) in [4.78, 5) is 33.6. The van der Waals surface area contributed by atoms with Gasteiger partial charge in [0.2, 0.25) is 0 Å². The smallest absolute Gasteiger partial charge is 0.252 e. The lowest BCUT2D eigenvalue weighted by molar-refractivity contribution is 0.0945. The minimum absolute atomic E-state index is 0.0804. The number of aromatic amines is 1. The number of nitrogens with zero attached hydrogens (tertiary/aromatic N) is 2. The van der Waals surface area contributed by atoms with Gasteiger partial charge in [-0.05, 0) is 71.1 Å². The third-order valence-electron chi connectivity index (χ3n) is 7.18. The highest BCUT2D eigenvalue weighted by atomic mass is 16.5. The molecule has 198 valence electrons. The van der Waals surface area contributed by atoms with E-state index in [0.29, 0.717) is 28.0 Å². The van der Waals surface area contributed by atoms with Gasteiger partial charge in [0.05, 0.1) is 36.5 Å². The number of nitriles is 1. The number of hydrogen-bond donors (Lipinski definition) is 2. The molecular formula is C33H28N4O3. The van der Waals surface area contributed by atoms with Gasteiger partial charge >= 0.3 is 0 Å². The number of carbonyl (C=O) groups excluding carboxylic acids is 2. The predicted molar refractivity (Wildman–Crippen MR) is 154 cm³/mol. The molecular weight excluding hydrogens is 500 g/mol. The molecule has 0 bridgehead atoms. The van der Waals surface area contributed by atoms with Crippen LogP contribution in [0, 0.1) is 11.3 Å². The summed E-state index contributed by atoms with van der Waals surface area (Å²) >= 11 is 0. The minimum Gasteiger partial charge on any atom is -0.497 e. The maximum Gasteiger partial charge on any atom is 0.252 e. The molecule has 1 amide bonds. The summed E-state index contributed by atoms with van der Waals surface area (Å²) in [5.41, 5.74) is 6.30. The largest absolute Gasteiger partial charge is 0.497 e. The Morgan fingerprint density at radius 2 is 1.93 bits per heavy atom. The van der Waals surface area contributed by atoms with E-state index in [1.165, 1.54) is 0 Å². The summed E-state index contributed by atoms with van der Waals surface area (Å²) in [5, 5.41) is 13.2. The maximum absolute atomic E-state index is 13.3. The topological polar surface area (TPSA) is 108 Å². The van der Waals surface area contributed by atoms with Crippen LogP contribution in [0.25, 0.3) is 22.0 Å². The van der Waals surface area contributed by atoms with Crippen molar-refractivity contribution in [2.24, 2.45) is 0 Å². The van der Waals surface area contributed by atoms with Crippen LogP contribution in [0.2, 0.25) is 0 Å². The zero-order valence-corrected chi connectivity index (χ0v) is 22.3. The fourth-order valence-electron chi connectivity index (χ4n) is 5.21. The monoisotopic (exact) mass is 528 g/mol. The highest BCUT2D eigenvalue weighted by molar-refractivity contribution is 6.06. The van der Waals surface area contributed by atoms with Gasteiger partial charge < -0.3 is 15.0 Å². The molecule has 0 aliphatic heterocycles. The molecule has 7 heteroatoms. The normalized spacial score (nSPS) is 11.5. The third kappa shape index (κ3) is 5.07. The van der Waals surface area contributed by atoms with Crippen molar-refractivity contribution < 1.29 is 14.3 Å². The Hall–Kier alpha value is -5.22. The quantitative estimate of drug-likeness (QED) is 0.215. The molecule has 3 aromatic carbocycles. The number of nitrogens with one attached hydrogen (secondary N) is 2. The molecule has 1 unspecified atom stereocenters. The SMILES string of the molecule is CCC(c1ccc(C(=O)NCc2ccccn2)c(C=O)c1-c1ccc(OC)cc1)c1c[nH]c2cc(C#N)ccc12. The van der Waals surface area contributed by atoms with Crippen molar-refractivity contribution >= 4 is 23.1 Å². The van der Waals surface area contributed by atoms with E-state index < -0.39 is 0 Å². The van der Waals surface area contributed by atoms with Gasteiger partial charge in [-0.25, -0.2) is 0 Å². The van der Waals surface area contributed by atoms with Gasteiger partial charge in [0.25, 0.3) is 5.91 Å². The van der Waals surface area contributed by atoms with E-state index in [4.69, 9.17) is 4.74 Å². The van der Waals surface area contributed by atoms with Crippen molar-refractivity contribution in [2.75, 3.05) is 7.11 Å². The Labute approximate surface area is 232 Å². The van der Waals surface area contributed by atoms with Gasteiger partial charge in [-0.1, -0.05) is 37.3 Å². The fourth-order valence-corrected chi connectivity index (χ4v) is 5.21. The second-order valence-electron chi connectivity index (χ2n) is 9.42. The number of pyridine rings is 1. The summed E-state index contributed by atoms with van der Waals surface area (Å²) in [6, 6.07) is 24.5. The first kappa shape index (κ1) is 26.4. The first-order valence-electron chi connectivity index (χ1n) is 13.0. The number of H-pyrrole nitrogens is 1. The highest BCUT2D eigenvalue weighted by Crippen LogP contribution is 2.41. The summed E-state index contributed by atoms with van der Waals surface area (Å²) in [6.07, 6.45) is 5.15. The molecule has 1 atom stereocenters. The van der Waals surface area contributed by atoms with E-state index in [-0.39, 0.29) is 18.4 Å². The average Bonchev–Trinajstić information content (AvgIpc) is 3.43. The summed E-state index contributed by atoms with van der Waals surface area (Å²) in [6.45, 7) is 2.34. The van der Waals surface area contributed by atoms with Crippen molar-refractivity contribution in [3.8, 4) is 22.9 Å². The number of benzene rings is 3. The second-order valence-corrected chi connectivity index (χ2v) is 9.42. The molecule has 5 rings (SSSR count). The van der Waals surface area contributed by atoms with Gasteiger partial charge in [-0.3, -0.25) is 14.6 Å². The Morgan fingerprint density at radius 1 is 1.10 bits per heavy atom. The molecule has 0 aliphatic carbocycles. The van der Waals surface area contributed by atoms with Crippen molar-refractivity contribution in [3.05, 3.63) is 119 Å². The molecule has 0 aliphatic rings. The van der Waals surface area contributed by atoms with E-state index in [0.717, 1.165) is 46.0 Å². The number of fused-ring (bicyclic) bond motifs is 1. The number of aldehydes is 1. The van der Waals surface area contributed by atoms with Crippen LogP contribution in [0.4, 0.5) is 0 Å². The first-order valence-corrected chi connectivity index (χ1v) is 13.0. The minimum atomic E-state index is -0.349. The molecule has 0 spiro atoms. The molecule has 0 saturated carbocycles. The molecule has 0 fully saturated rings. The lowest BCUT2D eigenvalue weighted by atomic mass is 9.81. The molecule has 2 heterocycles. The summed E-state index contributed by atoms with van der Waals surface area (Å²) in [7, 11) is 1.60. The number of aromatic nitrogens is 2. The molecule has 7 nitrogen and oxygen atoms in total. The van der Waals surface area contributed by atoms with Gasteiger partial charge in [-0.15, -0.1) is 0 Å². The predicted octanol–water partition coefficient (Wildman–Crippen LogP) is 6.39. The third-order valence-corrected chi connectivity index (χ3v) is 7.18. The lowest BCUT2D eigenvalue weighted by Gasteiger charge is -2.22. The van der Waals surface area contributed by atoms with Crippen molar-refractivity contribution in [2.45, 2.75) is 25.8 Å². The highest BCUT2D eigenvalue weighted by Gasteiger charge is 2.25. The average molecular weight is 529 g/mol. The maximum atomic E-state index is 13.3. The Morgan fingerprint density at radius 3 is 2.60 bits per heavy atom. The second kappa shape index (κ2) is 11.7. The molecule has 40 heavy (non-hydrogen) atoms. The van der Waals surface area contributed by atoms with Gasteiger partial charge in [0, 0.05) is 34.8 Å². The van der Waals surface area contributed by atoms with Crippen molar-refractivity contribution in [1.82, 2.24) is 15.3 Å². The van der Waals surface area contributed by atoms with Crippen LogP contribution in [-0.4, -0.2) is 29.3 Å². The fraction of sp³-hybridized carbons (Fsp3) is 0.152. The van der Waals surface area contributed by atoms with E-state index in [2.05, 4.69) is 28.3 Å². The van der Waals surface area contributed by atoms with Crippen LogP contribution in [0.15, 0.2) is 85.2 Å². The number of amides is 1. The van der Waals surface area contributed by atoms with E-state index >= 15 is 0 Å². The van der Waals surface area contributed by atoms with E-state index in [1.54, 1.807) is 19.4 Å². The molecule has 0 radical (unpaired) electrons. The molecule has 2 N–H and O–H groups in total. The Kier molecular flexibility index (Phi) is 7.70. The van der Waals surface area contributed by atoms with Crippen molar-refractivity contribution in [3.63, 3.8) is 0 Å². The van der Waals surface area contributed by atoms with E-state index in [1.807, 2.05) is 72.9 Å². The zero-order valence-electron chi connectivity index (χ0n) is 22.3. The number of ether oxygens (including phenoxy) is 1.